The Morgan fingerprint density at radius 1 is 0.900 bits per heavy atom. The Balaban J connectivity index is 2.07. The number of carbonyl (C=O) groups is 1. The monoisotopic (exact) mass is 433 g/mol. The third-order valence-corrected chi connectivity index (χ3v) is 10.5. The highest BCUT2D eigenvalue weighted by atomic mass is 31.1. The Hall–Kier alpha value is -0.890. The molecule has 3 rings (SSSR count). The molecule has 0 unspecified atom stereocenters. The molecule has 1 aromatic rings. The minimum atomic E-state index is -0.343. The van der Waals surface area contributed by atoms with Crippen molar-refractivity contribution in [2.75, 3.05) is 0 Å². The molecular weight excluding hydrogens is 389 g/mol. The Kier molecular flexibility index (Phi) is 8.41. The smallest absolute Gasteiger partial charge is 0.273 e. The van der Waals surface area contributed by atoms with E-state index in [1.807, 2.05) is 4.68 Å². The summed E-state index contributed by atoms with van der Waals surface area (Å²) in [6.07, 6.45) is 15.7. The van der Waals surface area contributed by atoms with Crippen LogP contribution in [-0.2, 0) is 0 Å². The fraction of sp³-hybridized carbons (Fsp3) is 0.840. The summed E-state index contributed by atoms with van der Waals surface area (Å²) in [5, 5.41) is 6.16. The van der Waals surface area contributed by atoms with Crippen LogP contribution in [0.4, 0.5) is 0 Å². The zero-order valence-corrected chi connectivity index (χ0v) is 21.1. The molecule has 0 bridgehead atoms. The van der Waals surface area contributed by atoms with Crippen molar-refractivity contribution in [3.8, 4) is 0 Å². The molecule has 2 saturated carbocycles. The minimum absolute atomic E-state index is 0.191. The molecule has 0 spiro atoms. The van der Waals surface area contributed by atoms with E-state index in [0.717, 1.165) is 17.0 Å². The minimum Gasteiger partial charge on any atom is -0.332 e. The number of amides is 1. The first-order valence-corrected chi connectivity index (χ1v) is 14.0. The molecule has 1 aromatic heterocycles. The van der Waals surface area contributed by atoms with Crippen molar-refractivity contribution < 1.29 is 4.79 Å². The van der Waals surface area contributed by atoms with Crippen molar-refractivity contribution in [3.63, 3.8) is 0 Å². The number of hydrogen-bond donors (Lipinski definition) is 0. The van der Waals surface area contributed by atoms with Gasteiger partial charge in [0, 0.05) is 23.4 Å². The standard InChI is InChI=1S/C25H44N3OP/c1-18(2)27(19(3)4)25(29)24-23(17-26-28(24)20(5)6)30(21-13-9-7-10-14-21)22-15-11-8-12-16-22/h17-22H,7-16H2,1-6H3. The Labute approximate surface area is 185 Å². The lowest BCUT2D eigenvalue weighted by molar-refractivity contribution is 0.0630. The lowest BCUT2D eigenvalue weighted by Crippen LogP contribution is -2.45. The topological polar surface area (TPSA) is 38.1 Å². The van der Waals surface area contributed by atoms with Crippen molar-refractivity contribution >= 4 is 19.1 Å². The van der Waals surface area contributed by atoms with Gasteiger partial charge in [0.05, 0.1) is 6.20 Å². The maximum absolute atomic E-state index is 14.0. The van der Waals surface area contributed by atoms with Crippen molar-refractivity contribution in [3.05, 3.63) is 11.9 Å². The average molecular weight is 434 g/mol. The van der Waals surface area contributed by atoms with Crippen LogP contribution < -0.4 is 5.30 Å². The van der Waals surface area contributed by atoms with Gasteiger partial charge in [0.2, 0.25) is 0 Å². The zero-order valence-electron chi connectivity index (χ0n) is 20.2. The zero-order chi connectivity index (χ0) is 21.8. The molecule has 2 aliphatic carbocycles. The van der Waals surface area contributed by atoms with Crippen LogP contribution in [0.25, 0.3) is 0 Å². The largest absolute Gasteiger partial charge is 0.332 e. The van der Waals surface area contributed by atoms with E-state index in [2.05, 4.69) is 52.6 Å². The van der Waals surface area contributed by atoms with Crippen molar-refractivity contribution in [2.24, 2.45) is 0 Å². The predicted molar refractivity (Wildman–Crippen MR) is 129 cm³/mol. The third-order valence-electron chi connectivity index (χ3n) is 7.03. The lowest BCUT2D eigenvalue weighted by Gasteiger charge is -2.39. The second-order valence-electron chi connectivity index (χ2n) is 10.3. The van der Waals surface area contributed by atoms with Crippen molar-refractivity contribution in [1.82, 2.24) is 14.7 Å². The van der Waals surface area contributed by atoms with Crippen LogP contribution >= 0.6 is 7.92 Å². The summed E-state index contributed by atoms with van der Waals surface area (Å²) >= 11 is 0. The molecule has 170 valence electrons. The molecule has 0 saturated heterocycles. The third kappa shape index (κ3) is 5.12. The molecule has 2 fully saturated rings. The van der Waals surface area contributed by atoms with Gasteiger partial charge in [-0.2, -0.15) is 5.10 Å². The molecule has 0 aromatic carbocycles. The Bertz CT molecular complexity index is 659. The molecule has 1 amide bonds. The summed E-state index contributed by atoms with van der Waals surface area (Å²) in [6, 6.07) is 0.585. The van der Waals surface area contributed by atoms with Gasteiger partial charge >= 0.3 is 0 Å². The highest BCUT2D eigenvalue weighted by molar-refractivity contribution is 7.67. The highest BCUT2D eigenvalue weighted by Gasteiger charge is 2.38. The molecule has 0 N–H and O–H groups in total. The number of rotatable bonds is 7. The Morgan fingerprint density at radius 2 is 1.37 bits per heavy atom. The van der Waals surface area contributed by atoms with Crippen LogP contribution in [0.15, 0.2) is 6.20 Å². The van der Waals surface area contributed by atoms with Gasteiger partial charge in [-0.25, -0.2) is 0 Å². The summed E-state index contributed by atoms with van der Waals surface area (Å²) in [7, 11) is -0.343. The maximum atomic E-state index is 14.0. The summed E-state index contributed by atoms with van der Waals surface area (Å²) < 4.78 is 2.04. The number of nitrogens with zero attached hydrogens (tertiary/aromatic N) is 3. The van der Waals surface area contributed by atoms with Gasteiger partial charge in [-0.1, -0.05) is 46.4 Å². The molecule has 2 aliphatic rings. The first kappa shape index (κ1) is 23.8. The van der Waals surface area contributed by atoms with Gasteiger partial charge in [-0.05, 0) is 78.5 Å². The molecule has 1 heterocycles. The van der Waals surface area contributed by atoms with Crippen LogP contribution in [0, 0.1) is 0 Å². The van der Waals surface area contributed by atoms with Crippen LogP contribution in [-0.4, -0.2) is 44.0 Å². The predicted octanol–water partition coefficient (Wildman–Crippen LogP) is 6.50. The van der Waals surface area contributed by atoms with E-state index in [9.17, 15) is 4.79 Å². The average Bonchev–Trinajstić information content (AvgIpc) is 3.14. The van der Waals surface area contributed by atoms with E-state index in [0.29, 0.717) is 0 Å². The van der Waals surface area contributed by atoms with E-state index in [1.165, 1.54) is 69.5 Å². The summed E-state index contributed by atoms with van der Waals surface area (Å²) in [5.74, 6) is 0.195. The quantitative estimate of drug-likeness (QED) is 0.461. The molecule has 0 radical (unpaired) electrons. The van der Waals surface area contributed by atoms with Gasteiger partial charge < -0.3 is 4.90 Å². The Morgan fingerprint density at radius 3 is 1.77 bits per heavy atom. The SMILES string of the molecule is CC(C)N(C(=O)c1c(P(C2CCCCC2)C2CCCCC2)cnn1C(C)C)C(C)C. The second kappa shape index (κ2) is 10.6. The number of carbonyl (C=O) groups excluding carboxylic acids is 1. The molecule has 4 nitrogen and oxygen atoms in total. The van der Waals surface area contributed by atoms with E-state index in [-0.39, 0.29) is 32.0 Å². The second-order valence-corrected chi connectivity index (χ2v) is 13.1. The van der Waals surface area contributed by atoms with Crippen LogP contribution in [0.1, 0.15) is 122 Å². The lowest BCUT2D eigenvalue weighted by atomic mass is 9.99. The van der Waals surface area contributed by atoms with Gasteiger partial charge in [0.25, 0.3) is 5.91 Å². The van der Waals surface area contributed by atoms with Crippen molar-refractivity contribution in [2.45, 2.75) is 135 Å². The summed E-state index contributed by atoms with van der Waals surface area (Å²) in [6.45, 7) is 12.9. The van der Waals surface area contributed by atoms with Gasteiger partial charge in [0.1, 0.15) is 5.69 Å². The first-order chi connectivity index (χ1) is 14.3. The van der Waals surface area contributed by atoms with Gasteiger partial charge in [0.15, 0.2) is 0 Å². The van der Waals surface area contributed by atoms with E-state index < -0.39 is 0 Å². The molecule has 0 atom stereocenters. The van der Waals surface area contributed by atoms with Crippen LogP contribution in [0.5, 0.6) is 0 Å². The molecule has 30 heavy (non-hydrogen) atoms. The maximum Gasteiger partial charge on any atom is 0.273 e. The van der Waals surface area contributed by atoms with Crippen LogP contribution in [0.3, 0.4) is 0 Å². The molecular formula is C25H44N3OP. The number of hydrogen-bond acceptors (Lipinski definition) is 2. The summed E-state index contributed by atoms with van der Waals surface area (Å²) in [5.41, 5.74) is 2.47. The van der Waals surface area contributed by atoms with E-state index in [4.69, 9.17) is 5.10 Å². The fourth-order valence-corrected chi connectivity index (χ4v) is 9.59. The fourth-order valence-electron chi connectivity index (χ4n) is 5.74. The van der Waals surface area contributed by atoms with E-state index in [1.54, 1.807) is 0 Å². The first-order valence-electron chi connectivity index (χ1n) is 12.5. The molecule has 0 aliphatic heterocycles. The van der Waals surface area contributed by atoms with Gasteiger partial charge in [-0.15, -0.1) is 0 Å². The highest BCUT2D eigenvalue weighted by Crippen LogP contribution is 2.55. The van der Waals surface area contributed by atoms with Crippen LogP contribution in [0.2, 0.25) is 0 Å². The summed E-state index contributed by atoms with van der Waals surface area (Å²) in [4.78, 5) is 16.0. The normalized spacial score (nSPS) is 19.4. The van der Waals surface area contributed by atoms with Crippen molar-refractivity contribution in [1.29, 1.82) is 0 Å². The number of aromatic nitrogens is 2. The van der Waals surface area contributed by atoms with E-state index >= 15 is 0 Å². The molecule has 5 heteroatoms. The van der Waals surface area contributed by atoms with Gasteiger partial charge in [-0.3, -0.25) is 9.48 Å².